The number of hydrogen-bond donors (Lipinski definition) is 2. The molecule has 106 valence electrons. The van der Waals surface area contributed by atoms with Crippen molar-refractivity contribution >= 4 is 43.4 Å². The second-order valence-electron chi connectivity index (χ2n) is 2.62. The summed E-state index contributed by atoms with van der Waals surface area (Å²) in [4.78, 5) is -1.77. The molecule has 12 heteroatoms. The van der Waals surface area contributed by atoms with E-state index in [1.54, 1.807) is 0 Å². The minimum Gasteiger partial charge on any atom is -0.744 e. The Hall–Kier alpha value is -0.460. The van der Waals surface area contributed by atoms with Gasteiger partial charge in [-0.1, -0.05) is 23.2 Å². The molecule has 8 nitrogen and oxygen atoms in total. The van der Waals surface area contributed by atoms with Crippen LogP contribution in [0.5, 0.6) is 0 Å². The van der Waals surface area contributed by atoms with Gasteiger partial charge >= 0.3 is 0 Å². The lowest BCUT2D eigenvalue weighted by atomic mass is 10.4. The van der Waals surface area contributed by atoms with Crippen LogP contribution in [0, 0.1) is 0 Å². The fraction of sp³-hybridized carbons (Fsp3) is 0. The van der Waals surface area contributed by atoms with Gasteiger partial charge in [0.2, 0.25) is 0 Å². The van der Waals surface area contributed by atoms with E-state index in [9.17, 15) is 25.9 Å². The van der Waals surface area contributed by atoms with E-state index in [0.29, 0.717) is 12.1 Å². The van der Waals surface area contributed by atoms with Gasteiger partial charge in [0.25, 0.3) is 0 Å². The molecule has 0 amide bonds. The van der Waals surface area contributed by atoms with Crippen LogP contribution >= 0.6 is 23.2 Å². The van der Waals surface area contributed by atoms with Crippen molar-refractivity contribution in [2.24, 2.45) is 0 Å². The van der Waals surface area contributed by atoms with Gasteiger partial charge in [-0.15, -0.1) is 0 Å². The van der Waals surface area contributed by atoms with Crippen LogP contribution in [-0.4, -0.2) is 25.9 Å². The quantitative estimate of drug-likeness (QED) is 0.767. The first kappa shape index (κ1) is 19.9. The van der Waals surface area contributed by atoms with E-state index in [1.165, 1.54) is 0 Å². The van der Waals surface area contributed by atoms with Gasteiger partial charge in [-0.3, -0.25) is 0 Å². The van der Waals surface area contributed by atoms with E-state index in [1.807, 2.05) is 0 Å². The lowest BCUT2D eigenvalue weighted by molar-refractivity contribution is 0.458. The van der Waals surface area contributed by atoms with Crippen LogP contribution < -0.4 is 12.3 Å². The Morgan fingerprint density at radius 2 is 1.00 bits per heavy atom. The Labute approximate surface area is 114 Å². The smallest absolute Gasteiger partial charge is 0.125 e. The minimum absolute atomic E-state index is 0. The van der Waals surface area contributed by atoms with Gasteiger partial charge in [-0.2, -0.15) is 0 Å². The molecular formula is C6H10Cl2N2O6S2. The van der Waals surface area contributed by atoms with Gasteiger partial charge in [0, 0.05) is 0 Å². The lowest BCUT2D eigenvalue weighted by Gasteiger charge is -2.14. The minimum atomic E-state index is -4.88. The Kier molecular flexibility index (Phi) is 6.76. The topological polar surface area (TPSA) is 187 Å². The second kappa shape index (κ2) is 6.12. The van der Waals surface area contributed by atoms with Gasteiger partial charge in [-0.05, 0) is 12.1 Å². The molecule has 0 aliphatic rings. The summed E-state index contributed by atoms with van der Waals surface area (Å²) in [5, 5.41) is -1.34. The molecule has 0 radical (unpaired) electrons. The van der Waals surface area contributed by atoms with Gasteiger partial charge in [0.05, 0.1) is 19.8 Å². The average Bonchev–Trinajstić information content (AvgIpc) is 2.04. The highest BCUT2D eigenvalue weighted by Crippen LogP contribution is 2.30. The molecule has 18 heavy (non-hydrogen) atoms. The van der Waals surface area contributed by atoms with Crippen LogP contribution in [0.15, 0.2) is 21.9 Å². The van der Waals surface area contributed by atoms with E-state index in [2.05, 4.69) is 0 Å². The molecule has 0 aromatic heterocycles. The van der Waals surface area contributed by atoms with Gasteiger partial charge in [0.15, 0.2) is 0 Å². The first-order valence-corrected chi connectivity index (χ1v) is 7.01. The Bertz CT molecular complexity index is 585. The van der Waals surface area contributed by atoms with E-state index in [-0.39, 0.29) is 12.3 Å². The monoisotopic (exact) mass is 340 g/mol. The molecular weight excluding hydrogens is 331 g/mol. The molecule has 1 aromatic carbocycles. The highest BCUT2D eigenvalue weighted by molar-refractivity contribution is 7.86. The summed E-state index contributed by atoms with van der Waals surface area (Å²) in [6, 6.07) is 1.05. The lowest BCUT2D eigenvalue weighted by Crippen LogP contribution is -2.04. The molecule has 1 aromatic rings. The maximum Gasteiger partial charge on any atom is 0.125 e. The number of halogens is 2. The molecule has 0 aliphatic carbocycles. The molecule has 0 aliphatic heterocycles. The summed E-state index contributed by atoms with van der Waals surface area (Å²) in [5.74, 6) is 0. The summed E-state index contributed by atoms with van der Waals surface area (Å²) >= 11 is 10.7. The molecule has 0 saturated carbocycles. The molecule has 0 saturated heterocycles. The standard InChI is InChI=1S/C6H4Cl2O6S2.2H3N/c7-3-1-5(15(9,10)11)4(8)2-6(3)16(12,13)14;;/h1-2H,(H,9,10,11)(H,12,13,14);2*1H3. The predicted octanol–water partition coefficient (Wildman–Crippen LogP) is 1.55. The van der Waals surface area contributed by atoms with Crippen molar-refractivity contribution in [3.05, 3.63) is 22.2 Å². The third kappa shape index (κ3) is 4.33. The summed E-state index contributed by atoms with van der Waals surface area (Å²) < 4.78 is 63.8. The van der Waals surface area contributed by atoms with Crippen molar-refractivity contribution < 1.29 is 25.9 Å². The number of benzene rings is 1. The Morgan fingerprint density at radius 1 is 0.778 bits per heavy atom. The Balaban J connectivity index is 0. The van der Waals surface area contributed by atoms with E-state index >= 15 is 0 Å². The number of quaternary nitrogens is 2. The Morgan fingerprint density at radius 3 is 1.17 bits per heavy atom. The van der Waals surface area contributed by atoms with Gasteiger partial charge in [-0.25, -0.2) is 16.8 Å². The van der Waals surface area contributed by atoms with E-state index in [4.69, 9.17) is 23.2 Å². The molecule has 0 heterocycles. The van der Waals surface area contributed by atoms with Crippen molar-refractivity contribution in [2.45, 2.75) is 9.79 Å². The molecule has 0 bridgehead atoms. The van der Waals surface area contributed by atoms with Crippen LogP contribution in [0.2, 0.25) is 10.0 Å². The summed E-state index contributed by atoms with van der Waals surface area (Å²) in [6.45, 7) is 0. The maximum absolute atomic E-state index is 10.6. The molecule has 8 N–H and O–H groups in total. The average molecular weight is 341 g/mol. The predicted molar refractivity (Wildman–Crippen MR) is 64.4 cm³/mol. The van der Waals surface area contributed by atoms with Crippen molar-refractivity contribution in [2.75, 3.05) is 0 Å². The zero-order chi connectivity index (χ0) is 12.7. The fourth-order valence-electron chi connectivity index (χ4n) is 0.894. The van der Waals surface area contributed by atoms with E-state index in [0.717, 1.165) is 0 Å². The maximum atomic E-state index is 10.6. The molecule has 0 atom stereocenters. The van der Waals surface area contributed by atoms with Crippen molar-refractivity contribution in [3.8, 4) is 0 Å². The normalized spacial score (nSPS) is 11.3. The third-order valence-electron chi connectivity index (χ3n) is 1.53. The SMILES string of the molecule is O=S(=O)([O-])c1cc(Cl)c(S(=O)(=O)[O-])cc1Cl.[NH4+].[NH4+]. The molecule has 0 spiro atoms. The second-order valence-corrected chi connectivity index (χ2v) is 6.13. The van der Waals surface area contributed by atoms with Crippen molar-refractivity contribution in [1.29, 1.82) is 0 Å². The number of hydrogen-bond acceptors (Lipinski definition) is 6. The molecule has 0 fully saturated rings. The number of rotatable bonds is 2. The van der Waals surface area contributed by atoms with Crippen molar-refractivity contribution in [1.82, 2.24) is 12.3 Å². The highest BCUT2D eigenvalue weighted by Gasteiger charge is 2.15. The highest BCUT2D eigenvalue weighted by atomic mass is 35.5. The summed E-state index contributed by atoms with van der Waals surface area (Å²) in [5.41, 5.74) is 0. The third-order valence-corrected chi connectivity index (χ3v) is 4.13. The van der Waals surface area contributed by atoms with Crippen LogP contribution in [-0.2, 0) is 20.2 Å². The molecule has 0 unspecified atom stereocenters. The van der Waals surface area contributed by atoms with Crippen molar-refractivity contribution in [3.63, 3.8) is 0 Å². The largest absolute Gasteiger partial charge is 0.744 e. The van der Waals surface area contributed by atoms with Crippen LogP contribution in [0.25, 0.3) is 0 Å². The summed E-state index contributed by atoms with van der Waals surface area (Å²) in [6.07, 6.45) is 0. The van der Waals surface area contributed by atoms with E-state index < -0.39 is 40.1 Å². The van der Waals surface area contributed by atoms with Crippen LogP contribution in [0.3, 0.4) is 0 Å². The van der Waals surface area contributed by atoms with Gasteiger partial charge in [0.1, 0.15) is 20.2 Å². The zero-order valence-electron chi connectivity index (χ0n) is 9.18. The molecule has 1 rings (SSSR count). The van der Waals surface area contributed by atoms with Crippen LogP contribution in [0.4, 0.5) is 0 Å². The first-order valence-electron chi connectivity index (χ1n) is 3.44. The van der Waals surface area contributed by atoms with Crippen LogP contribution in [0.1, 0.15) is 0 Å². The fourth-order valence-corrected chi connectivity index (χ4v) is 3.04. The van der Waals surface area contributed by atoms with Gasteiger partial charge < -0.3 is 21.4 Å². The summed E-state index contributed by atoms with van der Waals surface area (Å²) in [7, 11) is -9.76. The first-order chi connectivity index (χ1) is 7.03. The zero-order valence-corrected chi connectivity index (χ0v) is 12.3.